The van der Waals surface area contributed by atoms with Crippen LogP contribution in [0, 0.1) is 0 Å². The van der Waals surface area contributed by atoms with Crippen molar-refractivity contribution in [2.75, 3.05) is 20.3 Å². The van der Waals surface area contributed by atoms with Crippen molar-refractivity contribution in [3.05, 3.63) is 22.4 Å². The van der Waals surface area contributed by atoms with Gasteiger partial charge in [0.25, 0.3) is 0 Å². The Morgan fingerprint density at radius 3 is 3.08 bits per heavy atom. The van der Waals surface area contributed by atoms with Crippen molar-refractivity contribution in [2.45, 2.75) is 6.42 Å². The zero-order chi connectivity index (χ0) is 9.52. The molecule has 1 rings (SSSR count). The Balaban J connectivity index is 2.05. The highest BCUT2D eigenvalue weighted by molar-refractivity contribution is 7.09. The summed E-state index contributed by atoms with van der Waals surface area (Å²) in [6.45, 7) is 0.609. The van der Waals surface area contributed by atoms with Crippen molar-refractivity contribution in [3.8, 4) is 0 Å². The Labute approximate surface area is 81.3 Å². The molecule has 0 aliphatic heterocycles. The maximum Gasteiger partial charge on any atom is 0.331 e. The normalized spacial score (nSPS) is 9.92. The second-order valence-corrected chi connectivity index (χ2v) is 3.49. The molecule has 1 aromatic heterocycles. The summed E-state index contributed by atoms with van der Waals surface area (Å²) in [6, 6.07) is 4.05. The number of hydrogen-bond donors (Lipinski definition) is 0. The fraction of sp³-hybridized carbons (Fsp3) is 0.444. The Morgan fingerprint density at radius 2 is 2.46 bits per heavy atom. The highest BCUT2D eigenvalue weighted by atomic mass is 32.1. The molecule has 4 heteroatoms. The standard InChI is InChI=1S/C9H12O3S/c1-11-9(10)7-12-5-4-8-3-2-6-13-8/h2-3,6H,4-5,7H2,1H3. The third-order valence-corrected chi connectivity index (χ3v) is 2.46. The second-order valence-electron chi connectivity index (χ2n) is 2.46. The van der Waals surface area contributed by atoms with Crippen molar-refractivity contribution in [2.24, 2.45) is 0 Å². The van der Waals surface area contributed by atoms with Gasteiger partial charge >= 0.3 is 5.97 Å². The van der Waals surface area contributed by atoms with Gasteiger partial charge in [-0.25, -0.2) is 4.79 Å². The number of methoxy groups -OCH3 is 1. The Morgan fingerprint density at radius 1 is 1.62 bits per heavy atom. The Bertz CT molecular complexity index is 243. The molecule has 0 aliphatic carbocycles. The molecular formula is C9H12O3S. The van der Waals surface area contributed by atoms with Gasteiger partial charge < -0.3 is 9.47 Å². The molecule has 0 saturated heterocycles. The van der Waals surface area contributed by atoms with Crippen LogP contribution in [0.25, 0.3) is 0 Å². The summed E-state index contributed by atoms with van der Waals surface area (Å²) in [4.78, 5) is 11.9. The van der Waals surface area contributed by atoms with Crippen molar-refractivity contribution in [3.63, 3.8) is 0 Å². The molecule has 0 unspecified atom stereocenters. The number of carbonyl (C=O) groups is 1. The van der Waals surface area contributed by atoms with Gasteiger partial charge in [-0.05, 0) is 11.4 Å². The summed E-state index contributed by atoms with van der Waals surface area (Å²) >= 11 is 1.69. The number of ether oxygens (including phenoxy) is 2. The van der Waals surface area contributed by atoms with Crippen LogP contribution in [0.4, 0.5) is 0 Å². The lowest BCUT2D eigenvalue weighted by Crippen LogP contribution is -2.11. The summed E-state index contributed by atoms with van der Waals surface area (Å²) in [5.41, 5.74) is 0. The van der Waals surface area contributed by atoms with Gasteiger partial charge in [0.2, 0.25) is 0 Å². The summed E-state index contributed by atoms with van der Waals surface area (Å²) < 4.78 is 9.52. The van der Waals surface area contributed by atoms with Crippen LogP contribution < -0.4 is 0 Å². The minimum atomic E-state index is -0.328. The molecule has 0 aliphatic rings. The van der Waals surface area contributed by atoms with E-state index < -0.39 is 0 Å². The molecule has 72 valence electrons. The highest BCUT2D eigenvalue weighted by Gasteiger charge is 1.99. The van der Waals surface area contributed by atoms with E-state index >= 15 is 0 Å². The molecule has 0 spiro atoms. The number of thiophene rings is 1. The van der Waals surface area contributed by atoms with Gasteiger partial charge in [0, 0.05) is 11.3 Å². The maximum absolute atomic E-state index is 10.6. The first-order valence-electron chi connectivity index (χ1n) is 4.00. The summed E-state index contributed by atoms with van der Waals surface area (Å²) in [6.07, 6.45) is 0.856. The molecule has 0 saturated carbocycles. The summed E-state index contributed by atoms with van der Waals surface area (Å²) in [7, 11) is 1.35. The average molecular weight is 200 g/mol. The molecule has 3 nitrogen and oxygen atoms in total. The quantitative estimate of drug-likeness (QED) is 0.533. The van der Waals surface area contributed by atoms with Gasteiger partial charge in [-0.1, -0.05) is 6.07 Å². The van der Waals surface area contributed by atoms with Crippen molar-refractivity contribution >= 4 is 17.3 Å². The van der Waals surface area contributed by atoms with Crippen LogP contribution >= 0.6 is 11.3 Å². The third-order valence-electron chi connectivity index (χ3n) is 1.52. The Kier molecular flexibility index (Phi) is 4.49. The predicted octanol–water partition coefficient (Wildman–Crippen LogP) is 1.48. The topological polar surface area (TPSA) is 35.5 Å². The third kappa shape index (κ3) is 4.05. The predicted molar refractivity (Wildman–Crippen MR) is 50.9 cm³/mol. The first kappa shape index (κ1) is 10.2. The van der Waals surface area contributed by atoms with E-state index in [1.807, 2.05) is 17.5 Å². The number of carbonyl (C=O) groups excluding carboxylic acids is 1. The minimum absolute atomic E-state index is 0.0435. The molecule has 0 fully saturated rings. The molecule has 0 amide bonds. The molecule has 1 aromatic rings. The van der Waals surface area contributed by atoms with Crippen LogP contribution in [0.3, 0.4) is 0 Å². The van der Waals surface area contributed by atoms with E-state index in [-0.39, 0.29) is 12.6 Å². The van der Waals surface area contributed by atoms with E-state index in [9.17, 15) is 4.79 Å². The number of hydrogen-bond acceptors (Lipinski definition) is 4. The second kappa shape index (κ2) is 5.72. The van der Waals surface area contributed by atoms with Crippen LogP contribution in [0.1, 0.15) is 4.88 Å². The molecule has 0 N–H and O–H groups in total. The number of rotatable bonds is 5. The summed E-state index contributed by atoms with van der Waals surface area (Å²) in [5.74, 6) is -0.328. The van der Waals surface area contributed by atoms with E-state index in [0.29, 0.717) is 6.61 Å². The summed E-state index contributed by atoms with van der Waals surface area (Å²) in [5, 5.41) is 2.02. The zero-order valence-corrected chi connectivity index (χ0v) is 8.30. The molecule has 0 aromatic carbocycles. The molecular weight excluding hydrogens is 188 g/mol. The van der Waals surface area contributed by atoms with Crippen molar-refractivity contribution in [1.29, 1.82) is 0 Å². The zero-order valence-electron chi connectivity index (χ0n) is 7.49. The van der Waals surface area contributed by atoms with Gasteiger partial charge in [-0.3, -0.25) is 0 Å². The van der Waals surface area contributed by atoms with E-state index in [0.717, 1.165) is 6.42 Å². The highest BCUT2D eigenvalue weighted by Crippen LogP contribution is 2.08. The van der Waals surface area contributed by atoms with Gasteiger partial charge in [0.05, 0.1) is 13.7 Å². The van der Waals surface area contributed by atoms with Crippen LogP contribution in [0.2, 0.25) is 0 Å². The Hall–Kier alpha value is -0.870. The molecule has 0 bridgehead atoms. The minimum Gasteiger partial charge on any atom is -0.467 e. The fourth-order valence-corrected chi connectivity index (χ4v) is 1.53. The van der Waals surface area contributed by atoms with Gasteiger partial charge in [-0.15, -0.1) is 11.3 Å². The molecule has 0 radical (unpaired) electrons. The van der Waals surface area contributed by atoms with E-state index in [2.05, 4.69) is 4.74 Å². The van der Waals surface area contributed by atoms with Crippen LogP contribution in [0.15, 0.2) is 17.5 Å². The average Bonchev–Trinajstić information content (AvgIpc) is 2.64. The first-order chi connectivity index (χ1) is 6.33. The largest absolute Gasteiger partial charge is 0.467 e. The van der Waals surface area contributed by atoms with Crippen molar-refractivity contribution < 1.29 is 14.3 Å². The van der Waals surface area contributed by atoms with Crippen LogP contribution in [-0.2, 0) is 20.7 Å². The van der Waals surface area contributed by atoms with E-state index in [1.165, 1.54) is 12.0 Å². The van der Waals surface area contributed by atoms with Gasteiger partial charge in [0.15, 0.2) is 0 Å². The first-order valence-corrected chi connectivity index (χ1v) is 4.88. The SMILES string of the molecule is COC(=O)COCCc1cccs1. The smallest absolute Gasteiger partial charge is 0.331 e. The lowest BCUT2D eigenvalue weighted by molar-refractivity contribution is -0.145. The lowest BCUT2D eigenvalue weighted by Gasteiger charge is -2.00. The van der Waals surface area contributed by atoms with Crippen molar-refractivity contribution in [1.82, 2.24) is 0 Å². The molecule has 1 heterocycles. The monoisotopic (exact) mass is 200 g/mol. The van der Waals surface area contributed by atoms with Gasteiger partial charge in [0.1, 0.15) is 6.61 Å². The molecule has 0 atom stereocenters. The van der Waals surface area contributed by atoms with Crippen LogP contribution in [-0.4, -0.2) is 26.3 Å². The maximum atomic E-state index is 10.6. The van der Waals surface area contributed by atoms with E-state index in [4.69, 9.17) is 4.74 Å². The van der Waals surface area contributed by atoms with Gasteiger partial charge in [-0.2, -0.15) is 0 Å². The van der Waals surface area contributed by atoms with E-state index in [1.54, 1.807) is 11.3 Å². The fourth-order valence-electron chi connectivity index (χ4n) is 0.842. The van der Waals surface area contributed by atoms with Crippen LogP contribution in [0.5, 0.6) is 0 Å². The number of esters is 1. The molecule has 13 heavy (non-hydrogen) atoms. The lowest BCUT2D eigenvalue weighted by atomic mass is 10.4.